The highest BCUT2D eigenvalue weighted by Gasteiger charge is 2.40. The number of esters is 1. The second kappa shape index (κ2) is 8.32. The predicted octanol–water partition coefficient (Wildman–Crippen LogP) is -1.24. The number of nitrogens with two attached hydrogens (primary N) is 1. The monoisotopic (exact) mass is 341 g/mol. The van der Waals surface area contributed by atoms with Gasteiger partial charge in [0.05, 0.1) is 26.7 Å². The Morgan fingerprint density at radius 2 is 1.83 bits per heavy atom. The van der Waals surface area contributed by atoms with Gasteiger partial charge in [-0.1, -0.05) is 0 Å². The van der Waals surface area contributed by atoms with Crippen LogP contribution in [0.15, 0.2) is 0 Å². The van der Waals surface area contributed by atoms with Gasteiger partial charge in [0.1, 0.15) is 6.04 Å². The number of quaternary nitrogens is 1. The van der Waals surface area contributed by atoms with Crippen LogP contribution in [-0.2, 0) is 14.3 Å². The summed E-state index contributed by atoms with van der Waals surface area (Å²) in [6.45, 7) is 6.62. The Hall–Kier alpha value is -1.83. The Morgan fingerprint density at radius 3 is 2.42 bits per heavy atom. The molecule has 3 amide bonds. The van der Waals surface area contributed by atoms with Crippen LogP contribution in [-0.4, -0.2) is 79.6 Å². The minimum atomic E-state index is -0.722. The number of methoxy groups -OCH3 is 1. The maximum Gasteiger partial charge on any atom is 0.330 e. The molecule has 2 aliphatic heterocycles. The molecule has 0 aromatic rings. The van der Waals surface area contributed by atoms with Crippen LogP contribution in [0.2, 0.25) is 0 Å². The zero-order chi connectivity index (χ0) is 17.7. The van der Waals surface area contributed by atoms with E-state index in [1.54, 1.807) is 9.80 Å². The topological polar surface area (TPSA) is 95.6 Å². The molecule has 0 aromatic carbocycles. The number of amides is 3. The molecule has 1 atom stereocenters. The molecular weight excluding hydrogens is 312 g/mol. The van der Waals surface area contributed by atoms with Gasteiger partial charge in [-0.3, -0.25) is 4.79 Å². The van der Waals surface area contributed by atoms with Crippen molar-refractivity contribution in [2.24, 2.45) is 5.92 Å². The van der Waals surface area contributed by atoms with E-state index in [0.717, 1.165) is 25.9 Å². The molecule has 24 heavy (non-hydrogen) atoms. The van der Waals surface area contributed by atoms with Gasteiger partial charge in [0, 0.05) is 37.9 Å². The quantitative estimate of drug-likeness (QED) is 0.628. The van der Waals surface area contributed by atoms with Gasteiger partial charge in [-0.15, -0.1) is 0 Å². The number of carbonyl (C=O) groups is 3. The minimum absolute atomic E-state index is 0.0161. The average Bonchev–Trinajstić information content (AvgIpc) is 2.60. The molecule has 0 aliphatic carbocycles. The van der Waals surface area contributed by atoms with Gasteiger partial charge in [-0.2, -0.15) is 0 Å². The summed E-state index contributed by atoms with van der Waals surface area (Å²) in [5.41, 5.74) is 0. The smallest absolute Gasteiger partial charge is 0.330 e. The molecule has 2 rings (SSSR count). The van der Waals surface area contributed by atoms with Crippen LogP contribution >= 0.6 is 0 Å². The van der Waals surface area contributed by atoms with Crippen LogP contribution in [0.1, 0.15) is 26.7 Å². The van der Waals surface area contributed by atoms with Crippen molar-refractivity contribution in [3.8, 4) is 0 Å². The number of piperidine rings is 1. The summed E-state index contributed by atoms with van der Waals surface area (Å²) in [6, 6.07) is -0.912. The van der Waals surface area contributed by atoms with Crippen molar-refractivity contribution in [2.75, 3.05) is 39.8 Å². The summed E-state index contributed by atoms with van der Waals surface area (Å²) in [4.78, 5) is 40.4. The Morgan fingerprint density at radius 1 is 1.17 bits per heavy atom. The Balaban J connectivity index is 2.07. The van der Waals surface area contributed by atoms with Crippen molar-refractivity contribution >= 4 is 17.9 Å². The van der Waals surface area contributed by atoms with Crippen molar-refractivity contribution in [1.82, 2.24) is 15.1 Å². The second-order valence-corrected chi connectivity index (χ2v) is 6.76. The molecule has 0 radical (unpaired) electrons. The number of hydrogen-bond acceptors (Lipinski definition) is 4. The SMILES string of the molecule is COC(=O)[C@H]1CN(C(=O)NC(C)C)CCN1C(=O)C1CC[NH2+]CC1. The van der Waals surface area contributed by atoms with E-state index < -0.39 is 12.0 Å². The molecule has 2 aliphatic rings. The zero-order valence-corrected chi connectivity index (χ0v) is 14.8. The van der Waals surface area contributed by atoms with Gasteiger partial charge in [0.15, 0.2) is 0 Å². The van der Waals surface area contributed by atoms with Gasteiger partial charge in [-0.05, 0) is 13.8 Å². The third-order valence-electron chi connectivity index (χ3n) is 4.62. The average molecular weight is 341 g/mol. The van der Waals surface area contributed by atoms with Crippen molar-refractivity contribution in [2.45, 2.75) is 38.8 Å². The van der Waals surface area contributed by atoms with Crippen LogP contribution in [0.3, 0.4) is 0 Å². The molecule has 0 aromatic heterocycles. The first-order valence-corrected chi connectivity index (χ1v) is 8.69. The summed E-state index contributed by atoms with van der Waals surface area (Å²) in [5.74, 6) is -0.478. The van der Waals surface area contributed by atoms with Crippen LogP contribution in [0, 0.1) is 5.92 Å². The van der Waals surface area contributed by atoms with Gasteiger partial charge in [-0.25, -0.2) is 9.59 Å². The molecule has 2 fully saturated rings. The van der Waals surface area contributed by atoms with E-state index in [9.17, 15) is 14.4 Å². The molecule has 8 nitrogen and oxygen atoms in total. The van der Waals surface area contributed by atoms with Crippen molar-refractivity contribution in [3.63, 3.8) is 0 Å². The largest absolute Gasteiger partial charge is 0.467 e. The summed E-state index contributed by atoms with van der Waals surface area (Å²) in [6.07, 6.45) is 1.67. The number of nitrogens with one attached hydrogen (secondary N) is 1. The van der Waals surface area contributed by atoms with Crippen LogP contribution in [0.5, 0.6) is 0 Å². The van der Waals surface area contributed by atoms with Gasteiger partial charge >= 0.3 is 12.0 Å². The number of nitrogens with zero attached hydrogens (tertiary/aromatic N) is 2. The molecule has 0 saturated carbocycles. The lowest BCUT2D eigenvalue weighted by molar-refractivity contribution is -0.664. The third-order valence-corrected chi connectivity index (χ3v) is 4.62. The maximum atomic E-state index is 12.8. The molecule has 3 N–H and O–H groups in total. The van der Waals surface area contributed by atoms with Gasteiger partial charge < -0.3 is 25.2 Å². The summed E-state index contributed by atoms with van der Waals surface area (Å²) >= 11 is 0. The molecule has 8 heteroatoms. The highest BCUT2D eigenvalue weighted by Crippen LogP contribution is 2.19. The van der Waals surface area contributed by atoms with Gasteiger partial charge in [0.25, 0.3) is 0 Å². The summed E-state index contributed by atoms with van der Waals surface area (Å²) in [5, 5.41) is 5.03. The Kier molecular flexibility index (Phi) is 6.42. The van der Waals surface area contributed by atoms with E-state index in [-0.39, 0.29) is 30.4 Å². The normalized spacial score (nSPS) is 22.4. The molecular formula is C16H29N4O4+. The van der Waals surface area contributed by atoms with Crippen molar-refractivity contribution < 1.29 is 24.4 Å². The first-order valence-electron chi connectivity index (χ1n) is 8.69. The lowest BCUT2D eigenvalue weighted by atomic mass is 9.95. The number of hydrogen-bond donors (Lipinski definition) is 2. The third kappa shape index (κ3) is 4.37. The second-order valence-electron chi connectivity index (χ2n) is 6.76. The number of carbonyl (C=O) groups excluding carboxylic acids is 3. The fourth-order valence-corrected chi connectivity index (χ4v) is 3.32. The lowest BCUT2D eigenvalue weighted by Gasteiger charge is -2.41. The molecule has 2 saturated heterocycles. The fraction of sp³-hybridized carbons (Fsp3) is 0.812. The summed E-state index contributed by atoms with van der Waals surface area (Å²) in [7, 11) is 1.31. The van der Waals surface area contributed by atoms with Crippen molar-refractivity contribution in [1.29, 1.82) is 0 Å². The summed E-state index contributed by atoms with van der Waals surface area (Å²) < 4.78 is 4.87. The van der Waals surface area contributed by atoms with Crippen LogP contribution < -0.4 is 10.6 Å². The number of rotatable bonds is 3. The highest BCUT2D eigenvalue weighted by molar-refractivity contribution is 5.87. The maximum absolute atomic E-state index is 12.8. The Labute approximate surface area is 142 Å². The minimum Gasteiger partial charge on any atom is -0.467 e. The first-order chi connectivity index (χ1) is 11.4. The number of urea groups is 1. The molecule has 136 valence electrons. The predicted molar refractivity (Wildman–Crippen MR) is 87.1 cm³/mol. The van der Waals surface area contributed by atoms with E-state index in [2.05, 4.69) is 10.6 Å². The molecule has 0 unspecified atom stereocenters. The number of ether oxygens (including phenoxy) is 1. The van der Waals surface area contributed by atoms with Gasteiger partial charge in [0.2, 0.25) is 5.91 Å². The molecule has 0 spiro atoms. The number of piperazine rings is 1. The molecule has 2 heterocycles. The first kappa shape index (κ1) is 18.5. The van der Waals surface area contributed by atoms with E-state index in [4.69, 9.17) is 4.74 Å². The van der Waals surface area contributed by atoms with E-state index >= 15 is 0 Å². The lowest BCUT2D eigenvalue weighted by Crippen LogP contribution is -2.86. The molecule has 0 bridgehead atoms. The van der Waals surface area contributed by atoms with E-state index in [1.165, 1.54) is 7.11 Å². The van der Waals surface area contributed by atoms with Crippen molar-refractivity contribution in [3.05, 3.63) is 0 Å². The zero-order valence-electron chi connectivity index (χ0n) is 14.8. The standard InChI is InChI=1S/C16H28N4O4/c1-11(2)18-16(23)19-8-9-20(13(10-19)15(22)24-3)14(21)12-4-6-17-7-5-12/h11-13,17H,4-10H2,1-3H3,(H,18,23)/p+1/t13-/m1/s1. The fourth-order valence-electron chi connectivity index (χ4n) is 3.32. The van der Waals surface area contributed by atoms with E-state index in [0.29, 0.717) is 13.1 Å². The van der Waals surface area contributed by atoms with Crippen LogP contribution in [0.4, 0.5) is 4.79 Å². The van der Waals surface area contributed by atoms with Crippen LogP contribution in [0.25, 0.3) is 0 Å². The Bertz CT molecular complexity index is 477. The highest BCUT2D eigenvalue weighted by atomic mass is 16.5. The van der Waals surface area contributed by atoms with E-state index in [1.807, 2.05) is 13.8 Å².